The van der Waals surface area contributed by atoms with Crippen LogP contribution in [0.25, 0.3) is 0 Å². The smallest absolute Gasteiger partial charge is 0.259 e. The van der Waals surface area contributed by atoms with E-state index in [1.165, 1.54) is 27.6 Å². The van der Waals surface area contributed by atoms with Gasteiger partial charge in [-0.1, -0.05) is 55.4 Å². The van der Waals surface area contributed by atoms with E-state index in [2.05, 4.69) is 36.2 Å². The molecule has 0 saturated carbocycles. The molecule has 0 N–H and O–H groups in total. The van der Waals surface area contributed by atoms with Gasteiger partial charge < -0.3 is 0 Å². The second kappa shape index (κ2) is 9.76. The van der Waals surface area contributed by atoms with Gasteiger partial charge in [0.15, 0.2) is 5.17 Å². The van der Waals surface area contributed by atoms with Crippen molar-refractivity contribution in [3.05, 3.63) is 65.2 Å². The molecule has 6 nitrogen and oxygen atoms in total. The number of carbonyl (C=O) groups is 1. The molecule has 0 saturated heterocycles. The van der Waals surface area contributed by atoms with Gasteiger partial charge in [0.05, 0.1) is 11.4 Å². The number of thioether (sulfide) groups is 1. The number of hydrogen-bond donors (Lipinski definition) is 0. The summed E-state index contributed by atoms with van der Waals surface area (Å²) < 4.78 is 26.7. The van der Waals surface area contributed by atoms with Crippen molar-refractivity contribution in [2.75, 3.05) is 26.2 Å². The van der Waals surface area contributed by atoms with Crippen molar-refractivity contribution >= 4 is 32.9 Å². The molecule has 0 fully saturated rings. The number of sulfonamides is 1. The van der Waals surface area contributed by atoms with Crippen molar-refractivity contribution in [1.29, 1.82) is 0 Å². The fourth-order valence-corrected chi connectivity index (χ4v) is 5.67. The Hall–Kier alpha value is -2.16. The predicted octanol–water partition coefficient (Wildman–Crippen LogP) is 3.77. The van der Waals surface area contributed by atoms with Crippen molar-refractivity contribution in [3.63, 3.8) is 0 Å². The third kappa shape index (κ3) is 4.94. The lowest BCUT2D eigenvalue weighted by molar-refractivity contribution is 0.0860. The number of rotatable bonds is 7. The molecule has 0 spiro atoms. The molecular weight excluding hydrogens is 418 g/mol. The van der Waals surface area contributed by atoms with E-state index in [0.29, 0.717) is 36.9 Å². The van der Waals surface area contributed by atoms with Gasteiger partial charge in [-0.15, -0.1) is 0 Å². The van der Waals surface area contributed by atoms with Crippen LogP contribution >= 0.6 is 11.8 Å². The Morgan fingerprint density at radius 2 is 1.70 bits per heavy atom. The van der Waals surface area contributed by atoms with E-state index < -0.39 is 10.0 Å². The first-order valence-electron chi connectivity index (χ1n) is 10.0. The molecule has 2 aromatic carbocycles. The Labute approximate surface area is 183 Å². The molecule has 1 heterocycles. The maximum absolute atomic E-state index is 13.0. The summed E-state index contributed by atoms with van der Waals surface area (Å²) in [5.74, 6) is 0.582. The molecular formula is C22H27N3O3S2. The number of aliphatic imine (C=N–C) groups is 1. The SMILES string of the molecule is CCN(CC)S(=O)(=O)c1ccc(C(=O)N2CCN=C2SCc2ccc(C)cc2)cc1. The minimum atomic E-state index is -3.54. The Bertz CT molecular complexity index is 1010. The van der Waals surface area contributed by atoms with Crippen LogP contribution in [0.4, 0.5) is 0 Å². The lowest BCUT2D eigenvalue weighted by Crippen LogP contribution is -2.33. The molecule has 30 heavy (non-hydrogen) atoms. The third-order valence-electron chi connectivity index (χ3n) is 4.98. The number of benzene rings is 2. The van der Waals surface area contributed by atoms with Gasteiger partial charge in [-0.25, -0.2) is 8.42 Å². The molecule has 0 aromatic heterocycles. The Morgan fingerprint density at radius 1 is 1.07 bits per heavy atom. The zero-order chi connectivity index (χ0) is 21.7. The van der Waals surface area contributed by atoms with Crippen LogP contribution in [0.2, 0.25) is 0 Å². The van der Waals surface area contributed by atoms with Gasteiger partial charge in [0, 0.05) is 31.0 Å². The van der Waals surface area contributed by atoms with Gasteiger partial charge in [-0.3, -0.25) is 14.7 Å². The van der Waals surface area contributed by atoms with Crippen LogP contribution in [0.5, 0.6) is 0 Å². The molecule has 1 aliphatic rings. The van der Waals surface area contributed by atoms with Crippen LogP contribution in [0.15, 0.2) is 58.4 Å². The largest absolute Gasteiger partial charge is 0.286 e. The van der Waals surface area contributed by atoms with Gasteiger partial charge in [0.2, 0.25) is 10.0 Å². The first kappa shape index (κ1) is 22.5. The Balaban J connectivity index is 1.69. The van der Waals surface area contributed by atoms with E-state index in [9.17, 15) is 13.2 Å². The molecule has 0 unspecified atom stereocenters. The molecule has 2 aromatic rings. The van der Waals surface area contributed by atoms with Crippen LogP contribution in [0, 0.1) is 6.92 Å². The highest BCUT2D eigenvalue weighted by Crippen LogP contribution is 2.23. The maximum Gasteiger partial charge on any atom is 0.259 e. The molecule has 0 atom stereocenters. The van der Waals surface area contributed by atoms with Crippen molar-refractivity contribution in [2.24, 2.45) is 4.99 Å². The minimum absolute atomic E-state index is 0.158. The molecule has 0 aliphatic carbocycles. The van der Waals surface area contributed by atoms with Crippen LogP contribution in [0.3, 0.4) is 0 Å². The fourth-order valence-electron chi connectivity index (χ4n) is 3.21. The average molecular weight is 446 g/mol. The second-order valence-corrected chi connectivity index (χ2v) is 9.89. The van der Waals surface area contributed by atoms with Crippen LogP contribution in [0.1, 0.15) is 35.3 Å². The third-order valence-corrected chi connectivity index (χ3v) is 8.13. The van der Waals surface area contributed by atoms with Crippen molar-refractivity contribution in [3.8, 4) is 0 Å². The van der Waals surface area contributed by atoms with Crippen molar-refractivity contribution < 1.29 is 13.2 Å². The molecule has 8 heteroatoms. The van der Waals surface area contributed by atoms with Gasteiger partial charge in [-0.05, 0) is 36.8 Å². The van der Waals surface area contributed by atoms with E-state index in [4.69, 9.17) is 0 Å². The van der Waals surface area contributed by atoms with E-state index >= 15 is 0 Å². The summed E-state index contributed by atoms with van der Waals surface area (Å²) in [7, 11) is -3.54. The average Bonchev–Trinajstić information content (AvgIpc) is 3.22. The molecule has 0 radical (unpaired) electrons. The normalized spacial score (nSPS) is 14.3. The first-order valence-corrected chi connectivity index (χ1v) is 12.4. The number of nitrogens with zero attached hydrogens (tertiary/aromatic N) is 3. The Morgan fingerprint density at radius 3 is 2.30 bits per heavy atom. The minimum Gasteiger partial charge on any atom is -0.286 e. The first-order chi connectivity index (χ1) is 14.4. The number of aryl methyl sites for hydroxylation is 1. The molecule has 1 amide bonds. The summed E-state index contributed by atoms with van der Waals surface area (Å²) in [5, 5.41) is 0.709. The summed E-state index contributed by atoms with van der Waals surface area (Å²) in [6, 6.07) is 14.5. The maximum atomic E-state index is 13.0. The number of carbonyl (C=O) groups excluding carboxylic acids is 1. The van der Waals surface area contributed by atoms with Crippen LogP contribution in [-0.2, 0) is 15.8 Å². The summed E-state index contributed by atoms with van der Waals surface area (Å²) in [4.78, 5) is 19.3. The number of hydrogen-bond acceptors (Lipinski definition) is 5. The summed E-state index contributed by atoms with van der Waals surface area (Å²) in [5.41, 5.74) is 2.85. The van der Waals surface area contributed by atoms with Crippen LogP contribution < -0.4 is 0 Å². The lowest BCUT2D eigenvalue weighted by Gasteiger charge is -2.20. The molecule has 1 aliphatic heterocycles. The van der Waals surface area contributed by atoms with Gasteiger partial charge in [0.1, 0.15) is 0 Å². The van der Waals surface area contributed by atoms with E-state index in [0.717, 1.165) is 5.75 Å². The summed E-state index contributed by atoms with van der Waals surface area (Å²) in [6.45, 7) is 7.60. The zero-order valence-electron chi connectivity index (χ0n) is 17.5. The summed E-state index contributed by atoms with van der Waals surface area (Å²) >= 11 is 1.54. The van der Waals surface area contributed by atoms with Crippen molar-refractivity contribution in [1.82, 2.24) is 9.21 Å². The van der Waals surface area contributed by atoms with Crippen LogP contribution in [-0.4, -0.2) is 54.9 Å². The van der Waals surface area contributed by atoms with Gasteiger partial charge >= 0.3 is 0 Å². The quantitative estimate of drug-likeness (QED) is 0.650. The van der Waals surface area contributed by atoms with E-state index in [-0.39, 0.29) is 10.8 Å². The second-order valence-electron chi connectivity index (χ2n) is 7.01. The van der Waals surface area contributed by atoms with E-state index in [1.807, 2.05) is 13.8 Å². The van der Waals surface area contributed by atoms with Gasteiger partial charge in [0.25, 0.3) is 5.91 Å². The number of amides is 1. The highest BCUT2D eigenvalue weighted by Gasteiger charge is 2.26. The number of amidine groups is 1. The lowest BCUT2D eigenvalue weighted by atomic mass is 10.2. The Kier molecular flexibility index (Phi) is 7.33. The van der Waals surface area contributed by atoms with Gasteiger partial charge in [-0.2, -0.15) is 4.31 Å². The zero-order valence-corrected chi connectivity index (χ0v) is 19.2. The molecule has 0 bridgehead atoms. The summed E-state index contributed by atoms with van der Waals surface area (Å²) in [6.07, 6.45) is 0. The topological polar surface area (TPSA) is 70.1 Å². The monoisotopic (exact) mass is 445 g/mol. The molecule has 160 valence electrons. The highest BCUT2D eigenvalue weighted by atomic mass is 32.2. The standard InChI is InChI=1S/C22H27N3O3S2/c1-4-24(5-2)30(27,28)20-12-10-19(11-13-20)21(26)25-15-14-23-22(25)29-16-18-8-6-17(3)7-9-18/h6-13H,4-5,14-16H2,1-3H3. The predicted molar refractivity (Wildman–Crippen MR) is 122 cm³/mol. The van der Waals surface area contributed by atoms with E-state index in [1.54, 1.807) is 28.8 Å². The molecule has 3 rings (SSSR count). The fraction of sp³-hybridized carbons (Fsp3) is 0.364. The highest BCUT2D eigenvalue weighted by molar-refractivity contribution is 8.13. The van der Waals surface area contributed by atoms with Crippen molar-refractivity contribution in [2.45, 2.75) is 31.4 Å².